The Labute approximate surface area is 196 Å². The van der Waals surface area contributed by atoms with Crippen molar-refractivity contribution in [2.75, 3.05) is 20.7 Å². The molecule has 0 bridgehead atoms. The highest BCUT2D eigenvalue weighted by atomic mass is 19.1. The zero-order valence-electron chi connectivity index (χ0n) is 18.9. The van der Waals surface area contributed by atoms with Gasteiger partial charge in [0.25, 0.3) is 5.89 Å². The molecule has 0 aliphatic heterocycles. The average molecular weight is 461 g/mol. The summed E-state index contributed by atoms with van der Waals surface area (Å²) in [7, 11) is 3.30. The molecule has 34 heavy (non-hydrogen) atoms. The average Bonchev–Trinajstić information content (AvgIpc) is 3.29. The number of hydrogen-bond acceptors (Lipinski definition) is 6. The summed E-state index contributed by atoms with van der Waals surface area (Å²) in [6.45, 7) is 0.528. The standard InChI is InChI=1S/C26H24FN3O4/c1-30(15-24(31)32)14-17-10-20(13-22(27)11-17)25-28-26(34-29-25)19-8-9-23(21(12-19)16-33-2)18-6-4-3-5-7-18/h3-13H,14-16H2,1-2H3,(H,31,32). The molecule has 0 saturated heterocycles. The topological polar surface area (TPSA) is 88.7 Å². The van der Waals surface area contributed by atoms with E-state index < -0.39 is 11.8 Å². The molecule has 3 aromatic carbocycles. The molecule has 0 amide bonds. The minimum atomic E-state index is -0.951. The Hall–Kier alpha value is -3.88. The van der Waals surface area contributed by atoms with Crippen LogP contribution in [0, 0.1) is 5.82 Å². The molecule has 4 aromatic rings. The summed E-state index contributed by atoms with van der Waals surface area (Å²) < 4.78 is 25.1. The van der Waals surface area contributed by atoms with Crippen molar-refractivity contribution >= 4 is 5.97 Å². The van der Waals surface area contributed by atoms with Crippen LogP contribution >= 0.6 is 0 Å². The number of aromatic nitrogens is 2. The number of carboxylic acid groups (broad SMARTS) is 1. The van der Waals surface area contributed by atoms with Gasteiger partial charge in [0.2, 0.25) is 5.82 Å². The molecule has 1 N–H and O–H groups in total. The SMILES string of the molecule is COCc1cc(-c2nc(-c3cc(F)cc(CN(C)CC(=O)O)c3)no2)ccc1-c1ccccc1. The fourth-order valence-corrected chi connectivity index (χ4v) is 3.83. The summed E-state index contributed by atoms with van der Waals surface area (Å²) in [5, 5.41) is 13.0. The number of hydrogen-bond donors (Lipinski definition) is 1. The summed E-state index contributed by atoms with van der Waals surface area (Å²) in [5.74, 6) is -0.858. The third-order valence-corrected chi connectivity index (χ3v) is 5.24. The zero-order chi connectivity index (χ0) is 24.1. The van der Waals surface area contributed by atoms with E-state index in [0.29, 0.717) is 23.6 Å². The molecule has 0 radical (unpaired) electrons. The van der Waals surface area contributed by atoms with Crippen molar-refractivity contribution in [2.24, 2.45) is 0 Å². The molecule has 0 atom stereocenters. The molecule has 0 fully saturated rings. The largest absolute Gasteiger partial charge is 0.480 e. The quantitative estimate of drug-likeness (QED) is 0.380. The van der Waals surface area contributed by atoms with Gasteiger partial charge in [0, 0.05) is 24.8 Å². The van der Waals surface area contributed by atoms with Gasteiger partial charge >= 0.3 is 5.97 Å². The number of nitrogens with zero attached hydrogens (tertiary/aromatic N) is 3. The van der Waals surface area contributed by atoms with Crippen LogP contribution in [0.25, 0.3) is 34.0 Å². The van der Waals surface area contributed by atoms with Crippen LogP contribution in [0.4, 0.5) is 4.39 Å². The van der Waals surface area contributed by atoms with E-state index in [1.165, 1.54) is 12.1 Å². The Morgan fingerprint density at radius 1 is 1.06 bits per heavy atom. The highest BCUT2D eigenvalue weighted by molar-refractivity contribution is 5.72. The monoisotopic (exact) mass is 461 g/mol. The van der Waals surface area contributed by atoms with E-state index in [2.05, 4.69) is 10.1 Å². The number of rotatable bonds is 9. The fourth-order valence-electron chi connectivity index (χ4n) is 3.83. The second-order valence-electron chi connectivity index (χ2n) is 8.01. The molecule has 0 aliphatic carbocycles. The maximum absolute atomic E-state index is 14.3. The van der Waals surface area contributed by atoms with Crippen molar-refractivity contribution in [1.29, 1.82) is 0 Å². The number of aliphatic carboxylic acids is 1. The first kappa shape index (κ1) is 23.3. The van der Waals surface area contributed by atoms with E-state index in [1.807, 2.05) is 48.5 Å². The van der Waals surface area contributed by atoms with E-state index in [4.69, 9.17) is 14.4 Å². The van der Waals surface area contributed by atoms with E-state index in [1.54, 1.807) is 25.1 Å². The maximum Gasteiger partial charge on any atom is 0.317 e. The predicted octanol–water partition coefficient (Wildman–Crippen LogP) is 4.87. The van der Waals surface area contributed by atoms with Gasteiger partial charge in [0.05, 0.1) is 13.2 Å². The number of carbonyl (C=O) groups is 1. The van der Waals surface area contributed by atoms with Gasteiger partial charge in [0.1, 0.15) is 5.82 Å². The van der Waals surface area contributed by atoms with Gasteiger partial charge in [-0.2, -0.15) is 4.98 Å². The highest BCUT2D eigenvalue weighted by Gasteiger charge is 2.15. The minimum Gasteiger partial charge on any atom is -0.480 e. The summed E-state index contributed by atoms with van der Waals surface area (Å²) in [6.07, 6.45) is 0. The van der Waals surface area contributed by atoms with Crippen molar-refractivity contribution in [3.05, 3.63) is 83.7 Å². The van der Waals surface area contributed by atoms with E-state index >= 15 is 0 Å². The molecule has 0 aliphatic rings. The van der Waals surface area contributed by atoms with Gasteiger partial charge in [-0.3, -0.25) is 9.69 Å². The van der Waals surface area contributed by atoms with Gasteiger partial charge in [-0.15, -0.1) is 0 Å². The van der Waals surface area contributed by atoms with Gasteiger partial charge in [-0.1, -0.05) is 41.6 Å². The van der Waals surface area contributed by atoms with Gasteiger partial charge in [0.15, 0.2) is 0 Å². The molecule has 0 spiro atoms. The molecular weight excluding hydrogens is 437 g/mol. The minimum absolute atomic E-state index is 0.152. The number of ether oxygens (including phenoxy) is 1. The van der Waals surface area contributed by atoms with Crippen LogP contribution in [-0.2, 0) is 22.7 Å². The Balaban J connectivity index is 1.62. The van der Waals surface area contributed by atoms with Crippen LogP contribution < -0.4 is 0 Å². The lowest BCUT2D eigenvalue weighted by Gasteiger charge is -2.14. The lowest BCUT2D eigenvalue weighted by Crippen LogP contribution is -2.25. The molecule has 7 nitrogen and oxygen atoms in total. The molecule has 4 rings (SSSR count). The Morgan fingerprint density at radius 3 is 2.59 bits per heavy atom. The summed E-state index contributed by atoms with van der Waals surface area (Å²) >= 11 is 0. The molecular formula is C26H24FN3O4. The Bertz CT molecular complexity index is 1290. The predicted molar refractivity (Wildman–Crippen MR) is 125 cm³/mol. The normalized spacial score (nSPS) is 11.2. The third kappa shape index (κ3) is 5.54. The Kier molecular flexibility index (Phi) is 7.10. The first-order valence-electron chi connectivity index (χ1n) is 10.6. The van der Waals surface area contributed by atoms with Crippen LogP contribution in [0.1, 0.15) is 11.1 Å². The number of halogens is 1. The number of methoxy groups -OCH3 is 1. The van der Waals surface area contributed by atoms with E-state index in [0.717, 1.165) is 22.3 Å². The van der Waals surface area contributed by atoms with Crippen molar-refractivity contribution in [1.82, 2.24) is 15.0 Å². The van der Waals surface area contributed by atoms with Crippen LogP contribution in [0.15, 0.2) is 71.3 Å². The third-order valence-electron chi connectivity index (χ3n) is 5.24. The highest BCUT2D eigenvalue weighted by Crippen LogP contribution is 2.30. The van der Waals surface area contributed by atoms with Crippen LogP contribution in [0.2, 0.25) is 0 Å². The molecule has 1 aromatic heterocycles. The van der Waals surface area contributed by atoms with Crippen molar-refractivity contribution < 1.29 is 23.6 Å². The molecule has 0 saturated carbocycles. The van der Waals surface area contributed by atoms with Crippen LogP contribution in [0.5, 0.6) is 0 Å². The second-order valence-corrected chi connectivity index (χ2v) is 8.01. The molecule has 1 heterocycles. The molecule has 8 heteroatoms. The van der Waals surface area contributed by atoms with Crippen LogP contribution in [0.3, 0.4) is 0 Å². The van der Waals surface area contributed by atoms with Crippen molar-refractivity contribution in [3.8, 4) is 34.0 Å². The van der Waals surface area contributed by atoms with Crippen LogP contribution in [-0.4, -0.2) is 46.8 Å². The van der Waals surface area contributed by atoms with E-state index in [-0.39, 0.29) is 18.9 Å². The van der Waals surface area contributed by atoms with Crippen molar-refractivity contribution in [2.45, 2.75) is 13.2 Å². The summed E-state index contributed by atoms with van der Waals surface area (Å²) in [5.41, 5.74) is 4.88. The Morgan fingerprint density at radius 2 is 1.85 bits per heavy atom. The number of benzene rings is 3. The molecule has 174 valence electrons. The zero-order valence-corrected chi connectivity index (χ0v) is 18.9. The maximum atomic E-state index is 14.3. The summed E-state index contributed by atoms with van der Waals surface area (Å²) in [4.78, 5) is 17.0. The molecule has 0 unspecified atom stereocenters. The van der Waals surface area contributed by atoms with E-state index in [9.17, 15) is 9.18 Å². The number of carboxylic acids is 1. The first-order valence-corrected chi connectivity index (χ1v) is 10.6. The lowest BCUT2D eigenvalue weighted by atomic mass is 9.98. The first-order chi connectivity index (χ1) is 16.4. The van der Waals surface area contributed by atoms with Gasteiger partial charge < -0.3 is 14.4 Å². The lowest BCUT2D eigenvalue weighted by molar-refractivity contribution is -0.138. The smallest absolute Gasteiger partial charge is 0.317 e. The van der Waals surface area contributed by atoms with Gasteiger partial charge in [-0.05, 0) is 59.6 Å². The second kappa shape index (κ2) is 10.4. The summed E-state index contributed by atoms with van der Waals surface area (Å²) in [6, 6.07) is 20.3. The number of likely N-dealkylation sites (N-methyl/N-ethyl adjacent to an activating group) is 1. The fraction of sp³-hybridized carbons (Fsp3) is 0.192. The van der Waals surface area contributed by atoms with Crippen molar-refractivity contribution in [3.63, 3.8) is 0 Å². The van der Waals surface area contributed by atoms with Gasteiger partial charge in [-0.25, -0.2) is 4.39 Å².